The lowest BCUT2D eigenvalue weighted by molar-refractivity contribution is -0.135. The Morgan fingerprint density at radius 2 is 1.85 bits per heavy atom. The van der Waals surface area contributed by atoms with Crippen molar-refractivity contribution in [2.45, 2.75) is 25.3 Å². The van der Waals surface area contributed by atoms with Crippen LogP contribution >= 0.6 is 11.6 Å². The average Bonchev–Trinajstić information content (AvgIpc) is 3.02. The predicted octanol–water partition coefficient (Wildman–Crippen LogP) is 3.45. The first kappa shape index (κ1) is 27.7. The van der Waals surface area contributed by atoms with Crippen molar-refractivity contribution >= 4 is 40.2 Å². The first-order valence-electron chi connectivity index (χ1n) is 12.8. The molecule has 1 fully saturated rings. The van der Waals surface area contributed by atoms with Crippen molar-refractivity contribution in [2.75, 3.05) is 6.54 Å². The molecule has 1 atom stereocenters. The standard InChI is InChI=1S/C30H25ClN6O4/c31-24-15-21(30(40)37-14-2-1-3-27(37)29(39)36-41)11-10-19(24)7-4-18-5-8-20(9-6-18)26-16-22(28(38)35-32)23-17-33-13-12-25(23)34-26/h5-6,8-13,15-17,27,41H,1-3,14,32H2,(H,35,38)(H,36,39)/t27-/m0/s1. The van der Waals surface area contributed by atoms with Gasteiger partial charge in [0.25, 0.3) is 17.7 Å². The van der Waals surface area contributed by atoms with E-state index in [4.69, 9.17) is 22.7 Å². The zero-order chi connectivity index (χ0) is 28.9. The fourth-order valence-electron chi connectivity index (χ4n) is 4.78. The van der Waals surface area contributed by atoms with Crippen LogP contribution in [0.3, 0.4) is 0 Å². The number of hydrogen-bond acceptors (Lipinski definition) is 7. The molecule has 11 heteroatoms. The molecule has 3 heterocycles. The minimum absolute atomic E-state index is 0.306. The van der Waals surface area contributed by atoms with E-state index in [9.17, 15) is 14.4 Å². The molecule has 5 rings (SSSR count). The highest BCUT2D eigenvalue weighted by Gasteiger charge is 2.32. The number of nitrogens with zero attached hydrogens (tertiary/aromatic N) is 3. The van der Waals surface area contributed by atoms with Gasteiger partial charge in [-0.1, -0.05) is 35.6 Å². The van der Waals surface area contributed by atoms with Gasteiger partial charge in [-0.15, -0.1) is 0 Å². The monoisotopic (exact) mass is 568 g/mol. The van der Waals surface area contributed by atoms with Crippen molar-refractivity contribution in [1.82, 2.24) is 25.8 Å². The van der Waals surface area contributed by atoms with Crippen LogP contribution < -0.4 is 16.7 Å². The number of nitrogens with one attached hydrogen (secondary N) is 2. The number of fused-ring (bicyclic) bond motifs is 1. The fraction of sp³-hybridized carbons (Fsp3) is 0.167. The summed E-state index contributed by atoms with van der Waals surface area (Å²) in [5.74, 6) is 10.1. The summed E-state index contributed by atoms with van der Waals surface area (Å²) in [6.07, 6.45) is 5.22. The van der Waals surface area contributed by atoms with Gasteiger partial charge < -0.3 is 4.90 Å². The maximum absolute atomic E-state index is 13.1. The molecular weight excluding hydrogens is 544 g/mol. The van der Waals surface area contributed by atoms with E-state index in [2.05, 4.69) is 27.2 Å². The van der Waals surface area contributed by atoms with E-state index in [1.54, 1.807) is 42.1 Å². The molecule has 0 aliphatic carbocycles. The topological polar surface area (TPSA) is 151 Å². The Kier molecular flexibility index (Phi) is 8.21. The van der Waals surface area contributed by atoms with Crippen molar-refractivity contribution in [3.8, 4) is 23.1 Å². The van der Waals surface area contributed by atoms with Gasteiger partial charge in [0.2, 0.25) is 0 Å². The molecule has 1 saturated heterocycles. The lowest BCUT2D eigenvalue weighted by Crippen LogP contribution is -2.51. The smallest absolute Gasteiger partial charge is 0.266 e. The molecule has 4 aromatic rings. The quantitative estimate of drug-likeness (QED) is 0.0967. The minimum atomic E-state index is -0.728. The number of pyridine rings is 2. The fourth-order valence-corrected chi connectivity index (χ4v) is 5.01. The van der Waals surface area contributed by atoms with Crippen LogP contribution in [0.25, 0.3) is 22.2 Å². The molecule has 5 N–H and O–H groups in total. The number of nitrogens with two attached hydrogens (primary N) is 1. The number of carbonyl (C=O) groups excluding carboxylic acids is 3. The van der Waals surface area contributed by atoms with Crippen LogP contribution in [0.2, 0.25) is 5.02 Å². The summed E-state index contributed by atoms with van der Waals surface area (Å²) in [4.78, 5) is 47.7. The number of aromatic nitrogens is 2. The van der Waals surface area contributed by atoms with Gasteiger partial charge >= 0.3 is 0 Å². The third-order valence-corrected chi connectivity index (χ3v) is 7.21. The number of hydroxylamine groups is 1. The van der Waals surface area contributed by atoms with E-state index < -0.39 is 17.9 Å². The van der Waals surface area contributed by atoms with E-state index >= 15 is 0 Å². The predicted molar refractivity (Wildman–Crippen MR) is 153 cm³/mol. The third-order valence-electron chi connectivity index (χ3n) is 6.90. The summed E-state index contributed by atoms with van der Waals surface area (Å²) in [5, 5.41) is 9.95. The van der Waals surface area contributed by atoms with E-state index in [1.807, 2.05) is 24.3 Å². The van der Waals surface area contributed by atoms with E-state index in [-0.39, 0.29) is 5.91 Å². The number of carbonyl (C=O) groups is 3. The zero-order valence-corrected chi connectivity index (χ0v) is 22.5. The second kappa shape index (κ2) is 12.1. The van der Waals surface area contributed by atoms with Crippen LogP contribution in [0.15, 0.2) is 67.0 Å². The number of benzene rings is 2. The zero-order valence-electron chi connectivity index (χ0n) is 21.7. The maximum Gasteiger partial charge on any atom is 0.266 e. The molecule has 2 aromatic carbocycles. The Morgan fingerprint density at radius 1 is 1.05 bits per heavy atom. The van der Waals surface area contributed by atoms with Crippen LogP contribution in [0.1, 0.15) is 51.1 Å². The first-order valence-corrected chi connectivity index (χ1v) is 13.2. The number of likely N-dealkylation sites (tertiary alicyclic amines) is 1. The highest BCUT2D eigenvalue weighted by Crippen LogP contribution is 2.26. The molecule has 1 aliphatic rings. The summed E-state index contributed by atoms with van der Waals surface area (Å²) >= 11 is 6.46. The molecule has 0 radical (unpaired) electrons. The first-order chi connectivity index (χ1) is 19.9. The molecule has 206 valence electrons. The van der Waals surface area contributed by atoms with Crippen LogP contribution in [0.5, 0.6) is 0 Å². The summed E-state index contributed by atoms with van der Waals surface area (Å²) in [5.41, 5.74) is 7.78. The molecule has 0 spiro atoms. The van der Waals surface area contributed by atoms with Gasteiger partial charge in [0.15, 0.2) is 0 Å². The van der Waals surface area contributed by atoms with Gasteiger partial charge in [-0.25, -0.2) is 16.3 Å². The van der Waals surface area contributed by atoms with Gasteiger partial charge in [-0.3, -0.25) is 30.0 Å². The van der Waals surface area contributed by atoms with E-state index in [0.29, 0.717) is 51.3 Å². The lowest BCUT2D eigenvalue weighted by Gasteiger charge is -2.34. The minimum Gasteiger partial charge on any atom is -0.327 e. The van der Waals surface area contributed by atoms with Gasteiger partial charge in [0, 0.05) is 46.6 Å². The summed E-state index contributed by atoms with van der Waals surface area (Å²) in [6.45, 7) is 0.416. The molecule has 1 aliphatic heterocycles. The molecule has 0 unspecified atom stereocenters. The Hall–Kier alpha value is -4.82. The molecule has 0 bridgehead atoms. The van der Waals surface area contributed by atoms with Gasteiger partial charge in [-0.05, 0) is 61.7 Å². The molecule has 3 amide bonds. The molecule has 0 saturated carbocycles. The Balaban J connectivity index is 1.35. The molecule has 41 heavy (non-hydrogen) atoms. The number of nitrogen functional groups attached to an aromatic ring is 1. The second-order valence-corrected chi connectivity index (χ2v) is 9.84. The normalized spacial score (nSPS) is 14.6. The number of rotatable bonds is 4. The van der Waals surface area contributed by atoms with E-state index in [0.717, 1.165) is 24.0 Å². The average molecular weight is 569 g/mol. The van der Waals surface area contributed by atoms with Crippen molar-refractivity contribution in [1.29, 1.82) is 0 Å². The van der Waals surface area contributed by atoms with Gasteiger partial charge in [0.05, 0.1) is 21.8 Å². The summed E-state index contributed by atoms with van der Waals surface area (Å²) < 4.78 is 0. The number of halogens is 1. The van der Waals surface area contributed by atoms with Gasteiger partial charge in [-0.2, -0.15) is 0 Å². The van der Waals surface area contributed by atoms with E-state index in [1.165, 1.54) is 11.0 Å². The SMILES string of the molecule is NNC(=O)c1cc(-c2ccc(C#Cc3ccc(C(=O)N4CCCC[C@H]4C(=O)NO)cc3Cl)cc2)nc2ccncc12. The number of hydrazine groups is 1. The largest absolute Gasteiger partial charge is 0.327 e. The number of amides is 3. The molecule has 2 aromatic heterocycles. The van der Waals surface area contributed by atoms with Crippen LogP contribution in [-0.2, 0) is 4.79 Å². The summed E-state index contributed by atoms with van der Waals surface area (Å²) in [7, 11) is 0. The van der Waals surface area contributed by atoms with Crippen molar-refractivity contribution < 1.29 is 19.6 Å². The van der Waals surface area contributed by atoms with Crippen molar-refractivity contribution in [2.24, 2.45) is 5.84 Å². The van der Waals surface area contributed by atoms with Gasteiger partial charge in [0.1, 0.15) is 6.04 Å². The lowest BCUT2D eigenvalue weighted by atomic mass is 10.00. The number of piperidine rings is 1. The highest BCUT2D eigenvalue weighted by molar-refractivity contribution is 6.32. The third kappa shape index (κ3) is 5.88. The second-order valence-electron chi connectivity index (χ2n) is 9.43. The van der Waals surface area contributed by atoms with Crippen LogP contribution in [0.4, 0.5) is 0 Å². The maximum atomic E-state index is 13.1. The Labute approximate surface area is 240 Å². The Bertz CT molecular complexity index is 1710. The van der Waals surface area contributed by atoms with Crippen LogP contribution in [0, 0.1) is 11.8 Å². The van der Waals surface area contributed by atoms with Crippen molar-refractivity contribution in [3.05, 3.63) is 94.3 Å². The Morgan fingerprint density at radius 3 is 2.59 bits per heavy atom. The molecule has 10 nitrogen and oxygen atoms in total. The van der Waals surface area contributed by atoms with Crippen molar-refractivity contribution in [3.63, 3.8) is 0 Å². The summed E-state index contributed by atoms with van der Waals surface area (Å²) in [6, 6.07) is 14.9. The van der Waals surface area contributed by atoms with Crippen LogP contribution in [-0.4, -0.2) is 50.4 Å². The number of hydrogen-bond donors (Lipinski definition) is 4. The highest BCUT2D eigenvalue weighted by atomic mass is 35.5. The molecular formula is C30H25ClN6O4.